The van der Waals surface area contributed by atoms with E-state index < -0.39 is 85.8 Å². The minimum Gasteiger partial charge on any atom is -0.444 e. The number of rotatable bonds is 10. The molecule has 6 rings (SSSR count). The van der Waals surface area contributed by atoms with Gasteiger partial charge in [-0.3, -0.25) is 24.0 Å². The molecule has 4 aliphatic rings. The van der Waals surface area contributed by atoms with Crippen molar-refractivity contribution in [3.8, 4) is 0 Å². The number of fused-ring (bicyclic) bond motifs is 1. The van der Waals surface area contributed by atoms with Gasteiger partial charge in [0.15, 0.2) is 0 Å². The van der Waals surface area contributed by atoms with E-state index in [9.17, 15) is 45.2 Å². The van der Waals surface area contributed by atoms with Gasteiger partial charge in [-0.15, -0.1) is 0 Å². The Hall–Kier alpha value is -4.41. The molecule has 3 N–H and O–H groups in total. The highest BCUT2D eigenvalue weighted by Crippen LogP contribution is 2.47. The molecule has 2 heterocycles. The zero-order valence-electron chi connectivity index (χ0n) is 29.8. The molecule has 17 heteroatoms. The minimum atomic E-state index is -4.64. The Morgan fingerprint density at radius 1 is 1.04 bits per heavy atom. The molecule has 12 nitrogen and oxygen atoms in total. The van der Waals surface area contributed by atoms with E-state index in [4.69, 9.17) is 4.74 Å². The van der Waals surface area contributed by atoms with Crippen molar-refractivity contribution in [2.24, 2.45) is 11.3 Å². The van der Waals surface area contributed by atoms with Gasteiger partial charge in [0.05, 0.1) is 23.9 Å². The molecule has 5 unspecified atom stereocenters. The predicted molar refractivity (Wildman–Crippen MR) is 184 cm³/mol. The molecule has 0 aromatic heterocycles. The lowest BCUT2D eigenvalue weighted by Gasteiger charge is -2.36. The Balaban J connectivity index is 1.26. The molecule has 2 aromatic rings. The molecule has 2 aromatic carbocycles. The molecule has 3 fully saturated rings. The molecule has 2 saturated carbocycles. The highest BCUT2D eigenvalue weighted by molar-refractivity contribution is 7.91. The summed E-state index contributed by atoms with van der Waals surface area (Å²) < 4.78 is 88.3. The van der Waals surface area contributed by atoms with Crippen molar-refractivity contribution < 1.29 is 49.9 Å². The Morgan fingerprint density at radius 2 is 1.74 bits per heavy atom. The third kappa shape index (κ3) is 7.94. The maximum Gasteiger partial charge on any atom is 0.416 e. The minimum absolute atomic E-state index is 0.00775. The summed E-state index contributed by atoms with van der Waals surface area (Å²) in [6, 6.07) is 6.36. The number of hydrogen-bond donors (Lipinski definition) is 3. The van der Waals surface area contributed by atoms with E-state index >= 15 is 0 Å². The third-order valence-electron chi connectivity index (χ3n) is 10.5. The zero-order valence-corrected chi connectivity index (χ0v) is 30.6. The van der Waals surface area contributed by atoms with Crippen LogP contribution in [0.3, 0.4) is 0 Å². The first-order chi connectivity index (χ1) is 24.7. The van der Waals surface area contributed by atoms with Gasteiger partial charge in [0.1, 0.15) is 29.5 Å². The summed E-state index contributed by atoms with van der Waals surface area (Å²) in [5.74, 6) is -3.19. The summed E-state index contributed by atoms with van der Waals surface area (Å²) in [4.78, 5) is 57.9. The number of likely N-dealkylation sites (tertiary alicyclic amines) is 1. The van der Waals surface area contributed by atoms with Crippen LogP contribution in [0, 0.1) is 17.2 Å². The maximum absolute atomic E-state index is 14.5. The summed E-state index contributed by atoms with van der Waals surface area (Å²) in [7, 11) is -3.94. The number of alkyl halides is 3. The van der Waals surface area contributed by atoms with Crippen LogP contribution in [0.2, 0.25) is 0 Å². The number of carbonyl (C=O) groups is 4. The number of anilines is 1. The molecular formula is C36H43F4N5O7S. The van der Waals surface area contributed by atoms with Crippen molar-refractivity contribution in [3.05, 3.63) is 65.0 Å². The number of sulfonamides is 1. The fourth-order valence-electron chi connectivity index (χ4n) is 7.16. The maximum atomic E-state index is 14.5. The molecule has 1 saturated heterocycles. The number of carbonyl (C=O) groups excluding carboxylic acids is 4. The molecule has 288 valence electrons. The summed E-state index contributed by atoms with van der Waals surface area (Å²) in [6.45, 7) is 6.63. The average Bonchev–Trinajstić information content (AvgIpc) is 3.97. The van der Waals surface area contributed by atoms with Crippen LogP contribution in [-0.2, 0) is 48.4 Å². The van der Waals surface area contributed by atoms with Gasteiger partial charge in [0, 0.05) is 24.2 Å². The summed E-state index contributed by atoms with van der Waals surface area (Å²) >= 11 is 0. The van der Waals surface area contributed by atoms with Crippen molar-refractivity contribution in [2.75, 3.05) is 11.9 Å². The van der Waals surface area contributed by atoms with Gasteiger partial charge in [-0.05, 0) is 60.4 Å². The second kappa shape index (κ2) is 13.8. The second-order valence-electron chi connectivity index (χ2n) is 15.4. The van der Waals surface area contributed by atoms with E-state index in [1.807, 2.05) is 0 Å². The summed E-state index contributed by atoms with van der Waals surface area (Å²) in [6.07, 6.45) is -5.25. The second-order valence-corrected chi connectivity index (χ2v) is 17.4. The number of benzene rings is 2. The van der Waals surface area contributed by atoms with E-state index in [1.165, 1.54) is 34.1 Å². The fourth-order valence-corrected chi connectivity index (χ4v) is 8.53. The normalized spacial score (nSPS) is 24.6. The van der Waals surface area contributed by atoms with Gasteiger partial charge < -0.3 is 20.3 Å². The van der Waals surface area contributed by atoms with Gasteiger partial charge in [-0.25, -0.2) is 17.6 Å². The number of halogens is 4. The molecule has 5 atom stereocenters. The van der Waals surface area contributed by atoms with E-state index in [0.29, 0.717) is 30.4 Å². The van der Waals surface area contributed by atoms with Crippen molar-refractivity contribution in [2.45, 2.75) is 108 Å². The number of hydrogen-bond acceptors (Lipinski definition) is 8. The van der Waals surface area contributed by atoms with Gasteiger partial charge in [-0.2, -0.15) is 13.2 Å². The Labute approximate surface area is 305 Å². The lowest BCUT2D eigenvalue weighted by atomic mass is 9.85. The van der Waals surface area contributed by atoms with Crippen LogP contribution in [0.5, 0.6) is 0 Å². The molecule has 4 amide bonds. The van der Waals surface area contributed by atoms with Gasteiger partial charge in [-0.1, -0.05) is 52.3 Å². The Bertz CT molecular complexity index is 1920. The summed E-state index contributed by atoms with van der Waals surface area (Å²) in [5.41, 5.74) is -2.44. The van der Waals surface area contributed by atoms with Crippen molar-refractivity contribution in [3.63, 3.8) is 0 Å². The van der Waals surface area contributed by atoms with Gasteiger partial charge in [0.2, 0.25) is 21.8 Å². The van der Waals surface area contributed by atoms with Crippen LogP contribution in [0.4, 0.5) is 28.0 Å². The first kappa shape index (κ1) is 38.3. The van der Waals surface area contributed by atoms with Crippen LogP contribution in [0.25, 0.3) is 0 Å². The van der Waals surface area contributed by atoms with Crippen molar-refractivity contribution in [1.82, 2.24) is 19.8 Å². The van der Waals surface area contributed by atoms with E-state index in [1.54, 1.807) is 33.8 Å². The summed E-state index contributed by atoms with van der Waals surface area (Å²) in [5, 5.41) is 4.96. The van der Waals surface area contributed by atoms with Gasteiger partial charge >= 0.3 is 12.3 Å². The fraction of sp³-hybridized carbons (Fsp3) is 0.556. The molecular weight excluding hydrogens is 722 g/mol. The molecule has 53 heavy (non-hydrogen) atoms. The molecule has 2 aliphatic heterocycles. The average molecular weight is 766 g/mol. The van der Waals surface area contributed by atoms with Crippen LogP contribution in [-0.4, -0.2) is 77.6 Å². The number of nitrogens with one attached hydrogen (secondary N) is 3. The topological polar surface area (TPSA) is 154 Å². The van der Waals surface area contributed by atoms with E-state index in [2.05, 4.69) is 15.4 Å². The third-order valence-corrected chi connectivity index (χ3v) is 12.3. The molecule has 0 radical (unpaired) electrons. The lowest BCUT2D eigenvalue weighted by molar-refractivity contribution is -0.141. The van der Waals surface area contributed by atoms with Gasteiger partial charge in [0.25, 0.3) is 5.91 Å². The Kier molecular flexibility index (Phi) is 9.96. The van der Waals surface area contributed by atoms with Crippen molar-refractivity contribution >= 4 is 39.5 Å². The first-order valence-electron chi connectivity index (χ1n) is 17.6. The van der Waals surface area contributed by atoms with Crippen LogP contribution in [0.1, 0.15) is 76.5 Å². The molecule has 0 spiro atoms. The highest BCUT2D eigenvalue weighted by Gasteiger charge is 2.62. The lowest BCUT2D eigenvalue weighted by Crippen LogP contribution is -2.58. The van der Waals surface area contributed by atoms with E-state index in [0.717, 1.165) is 12.1 Å². The Morgan fingerprint density at radius 3 is 2.34 bits per heavy atom. The smallest absolute Gasteiger partial charge is 0.416 e. The largest absolute Gasteiger partial charge is 0.444 e. The van der Waals surface area contributed by atoms with Crippen LogP contribution >= 0.6 is 0 Å². The quantitative estimate of drug-likeness (QED) is 0.295. The van der Waals surface area contributed by atoms with Crippen LogP contribution in [0.15, 0.2) is 42.5 Å². The van der Waals surface area contributed by atoms with E-state index in [-0.39, 0.29) is 44.1 Å². The number of amides is 4. The first-order valence-corrected chi connectivity index (χ1v) is 19.1. The number of ether oxygens (including phenoxy) is 1. The molecule has 0 bridgehead atoms. The van der Waals surface area contributed by atoms with Crippen molar-refractivity contribution in [1.29, 1.82) is 0 Å². The highest BCUT2D eigenvalue weighted by atomic mass is 32.2. The molecule has 2 aliphatic carbocycles. The zero-order chi connectivity index (χ0) is 38.7. The predicted octanol–water partition coefficient (Wildman–Crippen LogP) is 4.69. The SMILES string of the molecule is CCC1CC1(NC(=O)C1CC(OC(=O)N2Cc3cccc(F)c3C2)CN1C(=O)C(Nc1cccc(C(F)(F)F)c1)C(C)(C)C)C(=O)NS(=O)(=O)C1CC1. The number of nitrogens with zero attached hydrogens (tertiary/aromatic N) is 2. The van der Waals surface area contributed by atoms with Crippen LogP contribution < -0.4 is 15.4 Å². The monoisotopic (exact) mass is 765 g/mol. The standard InChI is InChI=1S/C36H43F4N5O7S/c1-5-21-16-35(21,32(48)43-53(50,51)25-12-13-25)42-30(46)28-15-24(52-33(49)44-17-20-8-6-11-27(37)26(20)19-44)18-45(28)31(47)29(34(2,3)4)41-23-10-7-9-22(14-23)36(38,39)40/h6-11,14,21,24-25,28-29,41H,5,12-13,15-19H2,1-4H3,(H,42,46)(H,43,48).